The number of carbonyl (C=O) groups is 2. The molecule has 0 aromatic heterocycles. The molecule has 8 nitrogen and oxygen atoms in total. The average molecular weight is 355 g/mol. The van der Waals surface area contributed by atoms with Gasteiger partial charge in [0, 0.05) is 5.56 Å². The van der Waals surface area contributed by atoms with E-state index in [0.29, 0.717) is 5.56 Å². The molecule has 1 saturated heterocycles. The minimum absolute atomic E-state index is 0.0175. The van der Waals surface area contributed by atoms with E-state index in [1.54, 1.807) is 0 Å². The predicted octanol–water partition coefficient (Wildman–Crippen LogP) is 1.24. The summed E-state index contributed by atoms with van der Waals surface area (Å²) in [6.45, 7) is 0. The smallest absolute Gasteiger partial charge is 0.305 e. The molecule has 1 aliphatic rings. The van der Waals surface area contributed by atoms with Crippen molar-refractivity contribution in [1.82, 2.24) is 5.32 Å². The Kier molecular flexibility index (Phi) is 5.74. The minimum Gasteiger partial charge on any atom is -0.493 e. The fourth-order valence-corrected chi connectivity index (χ4v) is 2.82. The van der Waals surface area contributed by atoms with Gasteiger partial charge in [-0.3, -0.25) is 9.59 Å². The van der Waals surface area contributed by atoms with Gasteiger partial charge in [-0.2, -0.15) is 5.10 Å². The lowest BCUT2D eigenvalue weighted by molar-refractivity contribution is -0.138. The predicted molar refractivity (Wildman–Crippen MR) is 86.3 cm³/mol. The number of amidine groups is 1. The molecule has 1 amide bonds. The fourth-order valence-electron chi connectivity index (χ4n) is 1.91. The minimum atomic E-state index is -1.08. The zero-order valence-electron chi connectivity index (χ0n) is 12.8. The van der Waals surface area contributed by atoms with Crippen molar-refractivity contribution in [1.29, 1.82) is 0 Å². The number of thioether (sulfide) groups is 1. The van der Waals surface area contributed by atoms with Gasteiger partial charge in [0.15, 0.2) is 22.5 Å². The van der Waals surface area contributed by atoms with Crippen LogP contribution in [-0.4, -0.2) is 47.8 Å². The van der Waals surface area contributed by atoms with Crippen LogP contribution < -0.4 is 14.8 Å². The molecule has 24 heavy (non-hydrogen) atoms. The van der Waals surface area contributed by atoms with Crippen LogP contribution >= 0.6 is 11.8 Å². The van der Waals surface area contributed by atoms with E-state index in [2.05, 4.69) is 15.5 Å². The van der Waals surface area contributed by atoms with Gasteiger partial charge in [0.25, 0.3) is 0 Å². The van der Waals surface area contributed by atoms with Gasteiger partial charge in [-0.05, 0) is 12.1 Å². The quantitative estimate of drug-likeness (QED) is 0.587. The highest BCUT2D eigenvalue weighted by atomic mass is 32.2. The number of ether oxygens (including phenoxy) is 2. The zero-order chi connectivity index (χ0) is 17.7. The second kappa shape index (κ2) is 7.77. The molecule has 1 atom stereocenters. The topological polar surface area (TPSA) is 110 Å². The largest absolute Gasteiger partial charge is 0.493 e. The number of amides is 1. The van der Waals surface area contributed by atoms with Gasteiger partial charge < -0.3 is 19.9 Å². The molecule has 1 aromatic rings. The second-order valence-corrected chi connectivity index (χ2v) is 5.77. The summed E-state index contributed by atoms with van der Waals surface area (Å²) in [5.41, 5.74) is 0.380. The highest BCUT2D eigenvalue weighted by Gasteiger charge is 2.32. The number of benzene rings is 1. The number of methoxy groups -OCH3 is 2. The van der Waals surface area contributed by atoms with Crippen LogP contribution in [0.3, 0.4) is 0 Å². The van der Waals surface area contributed by atoms with Gasteiger partial charge in [-0.1, -0.05) is 11.8 Å². The molecule has 0 aliphatic carbocycles. The highest BCUT2D eigenvalue weighted by Crippen LogP contribution is 2.30. The van der Waals surface area contributed by atoms with E-state index >= 15 is 0 Å². The molecule has 2 rings (SSSR count). The molecule has 0 bridgehead atoms. The van der Waals surface area contributed by atoms with E-state index in [1.165, 1.54) is 32.6 Å². The summed E-state index contributed by atoms with van der Waals surface area (Å²) in [7, 11) is 2.71. The third-order valence-corrected chi connectivity index (χ3v) is 4.02. The lowest BCUT2D eigenvalue weighted by Gasteiger charge is -2.08. The molecule has 10 heteroatoms. The van der Waals surface area contributed by atoms with E-state index in [-0.39, 0.29) is 23.1 Å². The molecule has 2 N–H and O–H groups in total. The van der Waals surface area contributed by atoms with Crippen molar-refractivity contribution in [2.24, 2.45) is 10.2 Å². The number of rotatable bonds is 6. The number of carboxylic acid groups (broad SMARTS) is 1. The summed E-state index contributed by atoms with van der Waals surface area (Å²) < 4.78 is 23.7. The maximum atomic E-state index is 13.8. The Labute approximate surface area is 140 Å². The third-order valence-electron chi connectivity index (χ3n) is 2.95. The molecular formula is C14H14FN3O5S. The molecule has 0 spiro atoms. The third kappa shape index (κ3) is 4.22. The van der Waals surface area contributed by atoms with Crippen LogP contribution in [0.1, 0.15) is 12.0 Å². The number of nitrogens with zero attached hydrogens (tertiary/aromatic N) is 2. The normalized spacial score (nSPS) is 18.9. The summed E-state index contributed by atoms with van der Waals surface area (Å²) in [6.07, 6.45) is 0.968. The first-order chi connectivity index (χ1) is 11.4. The number of halogens is 1. The van der Waals surface area contributed by atoms with E-state index in [1.807, 2.05) is 0 Å². The Morgan fingerprint density at radius 1 is 1.46 bits per heavy atom. The van der Waals surface area contributed by atoms with Crippen molar-refractivity contribution in [3.8, 4) is 11.5 Å². The van der Waals surface area contributed by atoms with Crippen LogP contribution in [0.2, 0.25) is 0 Å². The maximum Gasteiger partial charge on any atom is 0.305 e. The Morgan fingerprint density at radius 3 is 2.83 bits per heavy atom. The molecule has 128 valence electrons. The van der Waals surface area contributed by atoms with E-state index in [0.717, 1.165) is 11.8 Å². The lowest BCUT2D eigenvalue weighted by atomic mass is 10.2. The highest BCUT2D eigenvalue weighted by molar-refractivity contribution is 8.15. The molecule has 1 aliphatic heterocycles. The summed E-state index contributed by atoms with van der Waals surface area (Å²) >= 11 is 0.975. The Bertz CT molecular complexity index is 723. The van der Waals surface area contributed by atoms with E-state index in [9.17, 15) is 14.0 Å². The molecule has 1 heterocycles. The van der Waals surface area contributed by atoms with Gasteiger partial charge in [-0.25, -0.2) is 4.39 Å². The van der Waals surface area contributed by atoms with E-state index in [4.69, 9.17) is 14.6 Å². The van der Waals surface area contributed by atoms with Crippen LogP contribution in [0.4, 0.5) is 4.39 Å². The number of nitrogens with one attached hydrogen (secondary N) is 1. The van der Waals surface area contributed by atoms with Crippen LogP contribution in [0, 0.1) is 5.82 Å². The number of aliphatic carboxylic acids is 1. The molecule has 0 radical (unpaired) electrons. The standard InChI is InChI=1S/C14H14FN3O5S/c1-22-9-4-7(3-8(15)12(9)23-2)6-16-18-14-17-13(21)10(24-14)5-11(19)20/h3-4,6,10H,5H2,1-2H3,(H,19,20)(H,17,18,21). The summed E-state index contributed by atoms with van der Waals surface area (Å²) in [4.78, 5) is 22.2. The van der Waals surface area contributed by atoms with Crippen LogP contribution in [0.25, 0.3) is 0 Å². The first kappa shape index (κ1) is 17.7. The van der Waals surface area contributed by atoms with Crippen molar-refractivity contribution >= 4 is 35.0 Å². The number of carbonyl (C=O) groups excluding carboxylic acids is 1. The second-order valence-electron chi connectivity index (χ2n) is 4.58. The molecule has 0 saturated carbocycles. The summed E-state index contributed by atoms with van der Waals surface area (Å²) in [5, 5.41) is 18.1. The van der Waals surface area contributed by atoms with Gasteiger partial charge in [0.05, 0.1) is 26.9 Å². The molecule has 1 fully saturated rings. The average Bonchev–Trinajstić information content (AvgIpc) is 2.85. The van der Waals surface area contributed by atoms with Crippen LogP contribution in [0.5, 0.6) is 11.5 Å². The zero-order valence-corrected chi connectivity index (χ0v) is 13.6. The molecular weight excluding hydrogens is 341 g/mol. The van der Waals surface area contributed by atoms with Crippen molar-refractivity contribution in [3.63, 3.8) is 0 Å². The fraction of sp³-hybridized carbons (Fsp3) is 0.286. The monoisotopic (exact) mass is 355 g/mol. The van der Waals surface area contributed by atoms with Crippen molar-refractivity contribution in [3.05, 3.63) is 23.5 Å². The van der Waals surface area contributed by atoms with Crippen molar-refractivity contribution in [2.45, 2.75) is 11.7 Å². The van der Waals surface area contributed by atoms with Gasteiger partial charge in [0.1, 0.15) is 5.25 Å². The van der Waals surface area contributed by atoms with Gasteiger partial charge in [-0.15, -0.1) is 5.10 Å². The lowest BCUT2D eigenvalue weighted by Crippen LogP contribution is -2.26. The summed E-state index contributed by atoms with van der Waals surface area (Å²) in [5.74, 6) is -1.94. The Balaban J connectivity index is 2.10. The van der Waals surface area contributed by atoms with Gasteiger partial charge in [0.2, 0.25) is 5.91 Å². The van der Waals surface area contributed by atoms with Crippen LogP contribution in [0.15, 0.2) is 22.3 Å². The molecule has 1 unspecified atom stereocenters. The van der Waals surface area contributed by atoms with Crippen molar-refractivity contribution < 1.29 is 28.6 Å². The first-order valence-corrected chi connectivity index (χ1v) is 7.54. The first-order valence-electron chi connectivity index (χ1n) is 6.66. The summed E-state index contributed by atoms with van der Waals surface area (Å²) in [6, 6.07) is 2.71. The van der Waals surface area contributed by atoms with Crippen molar-refractivity contribution in [2.75, 3.05) is 14.2 Å². The maximum absolute atomic E-state index is 13.8. The van der Waals surface area contributed by atoms with E-state index < -0.39 is 22.9 Å². The SMILES string of the molecule is COc1cc(C=NN=C2NC(=O)C(CC(=O)O)S2)cc(F)c1OC. The Hall–Kier alpha value is -2.62. The number of hydrogen-bond donors (Lipinski definition) is 2. The van der Waals surface area contributed by atoms with Gasteiger partial charge >= 0.3 is 5.97 Å². The Morgan fingerprint density at radius 2 is 2.21 bits per heavy atom. The molecule has 1 aromatic carbocycles. The number of hydrogen-bond acceptors (Lipinski definition) is 7. The van der Waals surface area contributed by atoms with Crippen LogP contribution in [-0.2, 0) is 9.59 Å². The number of carboxylic acids is 1.